The van der Waals surface area contributed by atoms with E-state index in [4.69, 9.17) is 9.84 Å². The topological polar surface area (TPSA) is 93.5 Å². The van der Waals surface area contributed by atoms with Crippen LogP contribution in [-0.4, -0.2) is 45.5 Å². The second-order valence-corrected chi connectivity index (χ2v) is 6.02. The number of carbonyl (C=O) groups is 2. The van der Waals surface area contributed by atoms with E-state index in [1.54, 1.807) is 17.8 Å². The Kier molecular flexibility index (Phi) is 4.35. The maximum atomic E-state index is 12.6. The number of ether oxygens (including phenoxy) is 1. The molecule has 2 heterocycles. The van der Waals surface area contributed by atoms with Crippen molar-refractivity contribution in [3.05, 3.63) is 47.8 Å². The summed E-state index contributed by atoms with van der Waals surface area (Å²) in [4.78, 5) is 23.8. The molecule has 1 fully saturated rings. The lowest BCUT2D eigenvalue weighted by Gasteiger charge is -2.26. The SMILES string of the molecule is Cc1nn(-c2ccccc2)cc1C(=O)NC1(CC(=O)O)CCOC1. The first-order chi connectivity index (χ1) is 11.5. The lowest BCUT2D eigenvalue weighted by atomic mass is 9.94. The molecule has 1 unspecified atom stereocenters. The van der Waals surface area contributed by atoms with Crippen molar-refractivity contribution in [2.24, 2.45) is 0 Å². The largest absolute Gasteiger partial charge is 0.481 e. The molecule has 1 saturated heterocycles. The summed E-state index contributed by atoms with van der Waals surface area (Å²) in [6.45, 7) is 2.40. The van der Waals surface area contributed by atoms with Crippen LogP contribution >= 0.6 is 0 Å². The molecule has 0 bridgehead atoms. The highest BCUT2D eigenvalue weighted by Crippen LogP contribution is 2.24. The Labute approximate surface area is 139 Å². The summed E-state index contributed by atoms with van der Waals surface area (Å²) in [6, 6.07) is 9.48. The Morgan fingerprint density at radius 3 is 2.75 bits per heavy atom. The van der Waals surface area contributed by atoms with Crippen LogP contribution in [0.5, 0.6) is 0 Å². The van der Waals surface area contributed by atoms with E-state index in [-0.39, 0.29) is 18.9 Å². The first-order valence-electron chi connectivity index (χ1n) is 7.73. The zero-order chi connectivity index (χ0) is 17.2. The molecule has 1 aliphatic heterocycles. The van der Waals surface area contributed by atoms with Crippen LogP contribution in [0.2, 0.25) is 0 Å². The number of aliphatic carboxylic acids is 1. The van der Waals surface area contributed by atoms with Crippen molar-refractivity contribution in [3.63, 3.8) is 0 Å². The smallest absolute Gasteiger partial charge is 0.305 e. The fraction of sp³-hybridized carbons (Fsp3) is 0.353. The van der Waals surface area contributed by atoms with Crippen LogP contribution in [0.15, 0.2) is 36.5 Å². The molecule has 7 nitrogen and oxygen atoms in total. The van der Waals surface area contributed by atoms with E-state index in [1.165, 1.54) is 0 Å². The van der Waals surface area contributed by atoms with Gasteiger partial charge < -0.3 is 15.2 Å². The number of aryl methyl sites for hydroxylation is 1. The predicted molar refractivity (Wildman–Crippen MR) is 86.2 cm³/mol. The maximum absolute atomic E-state index is 12.6. The normalized spacial score (nSPS) is 20.0. The van der Waals surface area contributed by atoms with E-state index < -0.39 is 11.5 Å². The van der Waals surface area contributed by atoms with Crippen LogP contribution < -0.4 is 5.32 Å². The molecule has 3 rings (SSSR count). The molecule has 2 aromatic rings. The average molecular weight is 329 g/mol. The Bertz CT molecular complexity index is 748. The highest BCUT2D eigenvalue weighted by Gasteiger charge is 2.39. The molecule has 24 heavy (non-hydrogen) atoms. The second-order valence-electron chi connectivity index (χ2n) is 6.02. The minimum atomic E-state index is -0.961. The zero-order valence-corrected chi connectivity index (χ0v) is 13.4. The van der Waals surface area contributed by atoms with Crippen molar-refractivity contribution in [1.82, 2.24) is 15.1 Å². The number of amides is 1. The lowest BCUT2D eigenvalue weighted by molar-refractivity contribution is -0.138. The number of carboxylic acid groups (broad SMARTS) is 1. The Balaban J connectivity index is 1.82. The van der Waals surface area contributed by atoms with Gasteiger partial charge in [0.15, 0.2) is 0 Å². The average Bonchev–Trinajstić information content (AvgIpc) is 3.14. The molecule has 0 saturated carbocycles. The molecular formula is C17H19N3O4. The third kappa shape index (κ3) is 3.30. The van der Waals surface area contributed by atoms with E-state index in [0.29, 0.717) is 24.3 Å². The molecule has 1 atom stereocenters. The number of benzene rings is 1. The van der Waals surface area contributed by atoms with Crippen LogP contribution in [0.25, 0.3) is 5.69 Å². The van der Waals surface area contributed by atoms with Gasteiger partial charge in [0.1, 0.15) is 0 Å². The quantitative estimate of drug-likeness (QED) is 0.868. The predicted octanol–water partition coefficient (Wildman–Crippen LogP) is 1.54. The molecular weight excluding hydrogens is 310 g/mol. The van der Waals surface area contributed by atoms with Gasteiger partial charge in [0.2, 0.25) is 0 Å². The first-order valence-corrected chi connectivity index (χ1v) is 7.73. The fourth-order valence-electron chi connectivity index (χ4n) is 2.88. The van der Waals surface area contributed by atoms with E-state index in [9.17, 15) is 9.59 Å². The number of nitrogens with one attached hydrogen (secondary N) is 1. The van der Waals surface area contributed by atoms with Crippen molar-refractivity contribution in [2.75, 3.05) is 13.2 Å². The van der Waals surface area contributed by atoms with Crippen LogP contribution in [-0.2, 0) is 9.53 Å². The highest BCUT2D eigenvalue weighted by atomic mass is 16.5. The number of hydrogen-bond acceptors (Lipinski definition) is 4. The summed E-state index contributed by atoms with van der Waals surface area (Å²) >= 11 is 0. The van der Waals surface area contributed by atoms with E-state index >= 15 is 0 Å². The third-order valence-electron chi connectivity index (χ3n) is 4.14. The standard InChI is InChI=1S/C17H19N3O4/c1-12-14(10-20(19-12)13-5-3-2-4-6-13)16(23)18-17(9-15(21)22)7-8-24-11-17/h2-6,10H,7-9,11H2,1H3,(H,18,23)(H,21,22). The summed E-state index contributed by atoms with van der Waals surface area (Å²) in [5.41, 5.74) is 1.00. The van der Waals surface area contributed by atoms with Crippen LogP contribution in [0, 0.1) is 6.92 Å². The number of carboxylic acids is 1. The van der Waals surface area contributed by atoms with Gasteiger partial charge in [-0.3, -0.25) is 9.59 Å². The zero-order valence-electron chi connectivity index (χ0n) is 13.4. The molecule has 0 spiro atoms. The second kappa shape index (κ2) is 6.45. The monoisotopic (exact) mass is 329 g/mol. The van der Waals surface area contributed by atoms with Crippen molar-refractivity contribution in [2.45, 2.75) is 25.3 Å². The van der Waals surface area contributed by atoms with Gasteiger partial charge in [0.05, 0.1) is 35.5 Å². The molecule has 1 aromatic carbocycles. The van der Waals surface area contributed by atoms with Crippen LogP contribution in [0.4, 0.5) is 0 Å². The van der Waals surface area contributed by atoms with Gasteiger partial charge in [-0.05, 0) is 25.5 Å². The minimum absolute atomic E-state index is 0.162. The van der Waals surface area contributed by atoms with Gasteiger partial charge in [0.25, 0.3) is 5.91 Å². The molecule has 1 aliphatic rings. The molecule has 7 heteroatoms. The first kappa shape index (κ1) is 16.2. The summed E-state index contributed by atoms with van der Waals surface area (Å²) in [5, 5.41) is 16.3. The van der Waals surface area contributed by atoms with Gasteiger partial charge in [0, 0.05) is 12.8 Å². The van der Waals surface area contributed by atoms with Crippen LogP contribution in [0.1, 0.15) is 28.9 Å². The van der Waals surface area contributed by atoms with Gasteiger partial charge >= 0.3 is 5.97 Å². The number of aromatic nitrogens is 2. The molecule has 0 radical (unpaired) electrons. The van der Waals surface area contributed by atoms with Crippen molar-refractivity contribution >= 4 is 11.9 Å². The van der Waals surface area contributed by atoms with Gasteiger partial charge in [-0.1, -0.05) is 18.2 Å². The fourth-order valence-corrected chi connectivity index (χ4v) is 2.88. The molecule has 1 amide bonds. The Morgan fingerprint density at radius 2 is 2.12 bits per heavy atom. The molecule has 126 valence electrons. The summed E-state index contributed by atoms with van der Waals surface area (Å²) in [5.74, 6) is -1.29. The minimum Gasteiger partial charge on any atom is -0.481 e. The number of hydrogen-bond donors (Lipinski definition) is 2. The van der Waals surface area contributed by atoms with E-state index in [1.807, 2.05) is 30.3 Å². The highest BCUT2D eigenvalue weighted by molar-refractivity contribution is 5.96. The Hall–Kier alpha value is -2.67. The van der Waals surface area contributed by atoms with Crippen molar-refractivity contribution in [3.8, 4) is 5.69 Å². The number of nitrogens with zero attached hydrogens (tertiary/aromatic N) is 2. The van der Waals surface area contributed by atoms with Gasteiger partial charge in [-0.2, -0.15) is 5.10 Å². The number of carbonyl (C=O) groups excluding carboxylic acids is 1. The third-order valence-corrected chi connectivity index (χ3v) is 4.14. The summed E-state index contributed by atoms with van der Waals surface area (Å²) in [7, 11) is 0. The lowest BCUT2D eigenvalue weighted by Crippen LogP contribution is -2.50. The van der Waals surface area contributed by atoms with E-state index in [0.717, 1.165) is 5.69 Å². The number of para-hydroxylation sites is 1. The van der Waals surface area contributed by atoms with Crippen molar-refractivity contribution in [1.29, 1.82) is 0 Å². The molecule has 0 aliphatic carbocycles. The van der Waals surface area contributed by atoms with Gasteiger partial charge in [-0.15, -0.1) is 0 Å². The van der Waals surface area contributed by atoms with E-state index in [2.05, 4.69) is 10.4 Å². The molecule has 2 N–H and O–H groups in total. The van der Waals surface area contributed by atoms with Crippen LogP contribution in [0.3, 0.4) is 0 Å². The molecule has 1 aromatic heterocycles. The summed E-state index contributed by atoms with van der Waals surface area (Å²) in [6.07, 6.45) is 1.98. The Morgan fingerprint density at radius 1 is 1.38 bits per heavy atom. The maximum Gasteiger partial charge on any atom is 0.305 e. The van der Waals surface area contributed by atoms with Crippen molar-refractivity contribution < 1.29 is 19.4 Å². The number of rotatable bonds is 5. The van der Waals surface area contributed by atoms with Gasteiger partial charge in [-0.25, -0.2) is 4.68 Å². The summed E-state index contributed by atoms with van der Waals surface area (Å²) < 4.78 is 6.94.